The van der Waals surface area contributed by atoms with Gasteiger partial charge < -0.3 is 19.3 Å². The number of likely N-dealkylation sites (tertiary alicyclic amines) is 1. The molecule has 4 rings (SSSR count). The van der Waals surface area contributed by atoms with Crippen LogP contribution in [0.5, 0.6) is 5.75 Å². The molecule has 6 heteroatoms. The largest absolute Gasteiger partial charge is 0.509 e. The van der Waals surface area contributed by atoms with E-state index >= 15 is 0 Å². The molecular weight excluding hydrogens is 442 g/mol. The number of nitrogens with zero attached hydrogens (tertiary/aromatic N) is 1. The fourth-order valence-corrected chi connectivity index (χ4v) is 4.54. The van der Waals surface area contributed by atoms with E-state index in [1.807, 2.05) is 65.6 Å². The van der Waals surface area contributed by atoms with E-state index < -0.39 is 18.0 Å². The molecule has 0 bridgehead atoms. The van der Waals surface area contributed by atoms with Crippen molar-refractivity contribution >= 4 is 11.7 Å². The molecule has 1 aliphatic rings. The van der Waals surface area contributed by atoms with Gasteiger partial charge in [-0.15, -0.1) is 0 Å². The fourth-order valence-electron chi connectivity index (χ4n) is 4.54. The summed E-state index contributed by atoms with van der Waals surface area (Å²) in [4.78, 5) is 13.9. The number of rotatable bonds is 8. The van der Waals surface area contributed by atoms with Crippen molar-refractivity contribution in [2.75, 3.05) is 27.3 Å². The topological polar surface area (TPSA) is 68.2 Å². The predicted molar refractivity (Wildman–Crippen MR) is 135 cm³/mol. The van der Waals surface area contributed by atoms with E-state index in [2.05, 4.69) is 30.3 Å². The zero-order chi connectivity index (χ0) is 24.7. The first-order chi connectivity index (χ1) is 17.0. The standard InChI is InChI=1S/C29H31NO5/c1-33-25-17-15-24(16-18-25)29(32)20-27(35-28(31)34-2)30(21-29)19-9-14-26(22-10-5-3-6-11-22)23-12-7-4-8-13-23/h3-8,10-18,27,32H,9,19-21H2,1-2H3/t27-,29-/m0/s1. The normalized spacial score (nSPS) is 19.7. The molecule has 1 heterocycles. The smallest absolute Gasteiger partial charge is 0.497 e. The first-order valence-corrected chi connectivity index (χ1v) is 11.7. The third-order valence-corrected chi connectivity index (χ3v) is 6.34. The Morgan fingerprint density at radius 2 is 1.57 bits per heavy atom. The minimum atomic E-state index is -1.16. The fraction of sp³-hybridized carbons (Fsp3) is 0.276. The van der Waals surface area contributed by atoms with Gasteiger partial charge in [0, 0.05) is 19.5 Å². The van der Waals surface area contributed by atoms with E-state index in [-0.39, 0.29) is 6.42 Å². The zero-order valence-electron chi connectivity index (χ0n) is 20.1. The Bertz CT molecular complexity index is 1090. The number of hydrogen-bond acceptors (Lipinski definition) is 6. The van der Waals surface area contributed by atoms with Gasteiger partial charge in [-0.25, -0.2) is 4.79 Å². The molecule has 0 radical (unpaired) electrons. The molecule has 3 aromatic rings. The quantitative estimate of drug-likeness (QED) is 0.453. The molecule has 0 saturated carbocycles. The lowest BCUT2D eigenvalue weighted by Gasteiger charge is -2.24. The van der Waals surface area contributed by atoms with Gasteiger partial charge in [0.15, 0.2) is 6.23 Å². The molecule has 1 fully saturated rings. The molecule has 1 saturated heterocycles. The Morgan fingerprint density at radius 3 is 2.11 bits per heavy atom. The molecule has 0 aliphatic carbocycles. The summed E-state index contributed by atoms with van der Waals surface area (Å²) in [5, 5.41) is 11.5. The van der Waals surface area contributed by atoms with Crippen molar-refractivity contribution in [3.8, 4) is 5.75 Å². The van der Waals surface area contributed by atoms with Gasteiger partial charge in [-0.2, -0.15) is 0 Å². The minimum Gasteiger partial charge on any atom is -0.497 e. The Morgan fingerprint density at radius 1 is 0.971 bits per heavy atom. The van der Waals surface area contributed by atoms with Crippen molar-refractivity contribution in [3.05, 3.63) is 108 Å². The number of β-amino-alcohol motifs (C(OH)–C–C–N with tert-alkyl or cyclic N) is 1. The Hall–Kier alpha value is -3.61. The average Bonchev–Trinajstić information content (AvgIpc) is 3.23. The molecule has 3 aromatic carbocycles. The van der Waals surface area contributed by atoms with Crippen molar-refractivity contribution in [1.29, 1.82) is 0 Å². The lowest BCUT2D eigenvalue weighted by Crippen LogP contribution is -2.35. The van der Waals surface area contributed by atoms with Crippen LogP contribution in [0.4, 0.5) is 4.79 Å². The molecule has 1 aliphatic heterocycles. The van der Waals surface area contributed by atoms with Crippen molar-refractivity contribution in [2.24, 2.45) is 0 Å². The monoisotopic (exact) mass is 473 g/mol. The second kappa shape index (κ2) is 11.2. The summed E-state index contributed by atoms with van der Waals surface area (Å²) < 4.78 is 15.5. The van der Waals surface area contributed by atoms with Crippen LogP contribution in [0.3, 0.4) is 0 Å². The van der Waals surface area contributed by atoms with Gasteiger partial charge in [0.1, 0.15) is 11.4 Å². The summed E-state index contributed by atoms with van der Waals surface area (Å²) >= 11 is 0. The van der Waals surface area contributed by atoms with Crippen molar-refractivity contribution in [1.82, 2.24) is 4.90 Å². The van der Waals surface area contributed by atoms with Gasteiger partial charge in [0.2, 0.25) is 0 Å². The highest BCUT2D eigenvalue weighted by Crippen LogP contribution is 2.37. The van der Waals surface area contributed by atoms with Crippen LogP contribution in [-0.2, 0) is 15.1 Å². The molecule has 1 N–H and O–H groups in total. The van der Waals surface area contributed by atoms with Crippen LogP contribution < -0.4 is 4.74 Å². The van der Waals surface area contributed by atoms with Crippen molar-refractivity contribution < 1.29 is 24.1 Å². The highest BCUT2D eigenvalue weighted by atomic mass is 16.7. The second-order valence-electron chi connectivity index (χ2n) is 8.60. The van der Waals surface area contributed by atoms with E-state index in [0.717, 1.165) is 22.3 Å². The second-order valence-corrected chi connectivity index (χ2v) is 8.60. The maximum atomic E-state index is 11.9. The third-order valence-electron chi connectivity index (χ3n) is 6.34. The maximum Gasteiger partial charge on any atom is 0.509 e. The minimum absolute atomic E-state index is 0.252. The number of carbonyl (C=O) groups is 1. The Labute approximate surface area is 206 Å². The summed E-state index contributed by atoms with van der Waals surface area (Å²) in [6, 6.07) is 27.9. The van der Waals surface area contributed by atoms with E-state index in [1.165, 1.54) is 7.11 Å². The summed E-state index contributed by atoms with van der Waals surface area (Å²) in [5.41, 5.74) is 3.01. The summed E-state index contributed by atoms with van der Waals surface area (Å²) in [6.45, 7) is 0.935. The molecule has 0 spiro atoms. The van der Waals surface area contributed by atoms with E-state index in [4.69, 9.17) is 14.2 Å². The molecule has 6 nitrogen and oxygen atoms in total. The Kier molecular flexibility index (Phi) is 7.85. The zero-order valence-corrected chi connectivity index (χ0v) is 20.1. The lowest BCUT2D eigenvalue weighted by molar-refractivity contribution is -0.0230. The lowest BCUT2D eigenvalue weighted by atomic mass is 9.92. The van der Waals surface area contributed by atoms with Gasteiger partial charge in [-0.05, 0) is 40.8 Å². The van der Waals surface area contributed by atoms with Crippen LogP contribution in [0.15, 0.2) is 91.0 Å². The van der Waals surface area contributed by atoms with Crippen LogP contribution in [0.2, 0.25) is 0 Å². The SMILES string of the molecule is COC(=O)O[C@H]1C[C@@](O)(c2ccc(OC)cc2)CN1CCC=C(c1ccccc1)c1ccccc1. The molecule has 0 unspecified atom stereocenters. The summed E-state index contributed by atoms with van der Waals surface area (Å²) in [7, 11) is 2.89. The van der Waals surface area contributed by atoms with Crippen LogP contribution in [0.1, 0.15) is 29.5 Å². The average molecular weight is 474 g/mol. The number of hydrogen-bond donors (Lipinski definition) is 1. The summed E-state index contributed by atoms with van der Waals surface area (Å²) in [5.74, 6) is 0.717. The molecule has 2 atom stereocenters. The maximum absolute atomic E-state index is 11.9. The van der Waals surface area contributed by atoms with Gasteiger partial charge in [-0.1, -0.05) is 78.9 Å². The van der Waals surface area contributed by atoms with Crippen LogP contribution in [0, 0.1) is 0 Å². The predicted octanol–water partition coefficient (Wildman–Crippen LogP) is 5.22. The molecule has 182 valence electrons. The number of carbonyl (C=O) groups excluding carboxylic acids is 1. The van der Waals surface area contributed by atoms with Crippen molar-refractivity contribution in [2.45, 2.75) is 24.7 Å². The molecule has 35 heavy (non-hydrogen) atoms. The van der Waals surface area contributed by atoms with E-state index in [9.17, 15) is 9.90 Å². The van der Waals surface area contributed by atoms with Gasteiger partial charge in [-0.3, -0.25) is 4.90 Å². The number of ether oxygens (including phenoxy) is 3. The van der Waals surface area contributed by atoms with Crippen LogP contribution in [0.25, 0.3) is 5.57 Å². The highest BCUT2D eigenvalue weighted by Gasteiger charge is 2.45. The van der Waals surface area contributed by atoms with Crippen LogP contribution in [-0.4, -0.2) is 49.7 Å². The summed E-state index contributed by atoms with van der Waals surface area (Å²) in [6.07, 6.45) is 1.80. The van der Waals surface area contributed by atoms with Gasteiger partial charge >= 0.3 is 6.16 Å². The molecule has 0 aromatic heterocycles. The Balaban J connectivity index is 1.55. The first kappa shape index (κ1) is 24.5. The molecule has 0 amide bonds. The van der Waals surface area contributed by atoms with Gasteiger partial charge in [0.25, 0.3) is 0 Å². The highest BCUT2D eigenvalue weighted by molar-refractivity contribution is 5.79. The number of aliphatic hydroxyl groups is 1. The van der Waals surface area contributed by atoms with Crippen molar-refractivity contribution in [3.63, 3.8) is 0 Å². The van der Waals surface area contributed by atoms with E-state index in [1.54, 1.807) is 7.11 Å². The number of benzene rings is 3. The molecular formula is C29H31NO5. The van der Waals surface area contributed by atoms with E-state index in [0.29, 0.717) is 25.3 Å². The van der Waals surface area contributed by atoms with Crippen LogP contribution >= 0.6 is 0 Å². The first-order valence-electron chi connectivity index (χ1n) is 11.7. The van der Waals surface area contributed by atoms with Gasteiger partial charge in [0.05, 0.1) is 14.2 Å². The number of methoxy groups -OCH3 is 2. The third kappa shape index (κ3) is 5.91.